The molecule has 14 heteroatoms. The van der Waals surface area contributed by atoms with Crippen LogP contribution in [-0.4, -0.2) is 27.4 Å². The first-order valence-electron chi connectivity index (χ1n) is 48.3. The fourth-order valence-electron chi connectivity index (χ4n) is 22.1. The zero-order valence-corrected chi connectivity index (χ0v) is 79.1. The molecule has 27 aromatic rings. The largest absolute Gasteiger partial charge is 0.309 e. The van der Waals surface area contributed by atoms with Crippen molar-refractivity contribution in [3.63, 3.8) is 0 Å². The van der Waals surface area contributed by atoms with E-state index in [1.165, 1.54) is 21.5 Å². The topological polar surface area (TPSA) is 123 Å². The summed E-state index contributed by atoms with van der Waals surface area (Å²) in [6, 6.07) is 164. The minimum atomic E-state index is 0.546. The van der Waals surface area contributed by atoms with Crippen LogP contribution < -0.4 is 0 Å². The highest BCUT2D eigenvalue weighted by molar-refractivity contribution is 6.17. The number of nitrogens with zero attached hydrogens (tertiary/aromatic N) is 14. The lowest BCUT2D eigenvalue weighted by Crippen LogP contribution is -2.02. The quantitative estimate of drug-likeness (QED) is 0.113. The van der Waals surface area contributed by atoms with Crippen LogP contribution in [-0.2, 0) is 0 Å². The molecule has 14 nitrogen and oxygen atoms in total. The van der Waals surface area contributed by atoms with Gasteiger partial charge in [-0.1, -0.05) is 279 Å². The van der Waals surface area contributed by atoms with Crippen LogP contribution in [0.2, 0.25) is 0 Å². The Bertz CT molecular complexity index is 10400. The van der Waals surface area contributed by atoms with Gasteiger partial charge in [0.15, 0.2) is 28.4 Å². The fourth-order valence-corrected chi connectivity index (χ4v) is 22.1. The molecule has 0 aliphatic carbocycles. The molecule has 6 heterocycles. The molecule has 0 N–H and O–H groups in total. The van der Waals surface area contributed by atoms with Crippen LogP contribution in [0.1, 0.15) is 16.7 Å². The van der Waals surface area contributed by atoms with E-state index >= 15 is 0 Å². The minimum Gasteiger partial charge on any atom is -0.309 e. The van der Waals surface area contributed by atoms with Crippen molar-refractivity contribution in [3.05, 3.63) is 535 Å². The maximum absolute atomic E-state index is 10.6. The lowest BCUT2D eigenvalue weighted by Gasteiger charge is -2.19. The molecule has 0 atom stereocenters. The summed E-state index contributed by atoms with van der Waals surface area (Å²) in [6.45, 7) is 38.7. The molecule has 148 heavy (non-hydrogen) atoms. The summed E-state index contributed by atoms with van der Waals surface area (Å²) in [5.41, 5.74) is 34.2. The third-order valence-electron chi connectivity index (χ3n) is 28.4. The highest BCUT2D eigenvalue weighted by Crippen LogP contribution is 2.49. The van der Waals surface area contributed by atoms with Crippen molar-refractivity contribution in [3.8, 4) is 119 Å². The molecule has 0 bridgehead atoms. The summed E-state index contributed by atoms with van der Waals surface area (Å²) >= 11 is 0. The van der Waals surface area contributed by atoms with Gasteiger partial charge < -0.3 is 27.4 Å². The molecule has 6 aromatic heterocycles. The van der Waals surface area contributed by atoms with Crippen LogP contribution >= 0.6 is 0 Å². The fraction of sp³-hybridized carbons (Fsp3) is 0. The van der Waals surface area contributed by atoms with Gasteiger partial charge in [0.05, 0.1) is 139 Å². The normalized spacial score (nSPS) is 11.2. The van der Waals surface area contributed by atoms with Crippen molar-refractivity contribution in [2.24, 2.45) is 0 Å². The maximum Gasteiger partial charge on any atom is 0.194 e. The molecule has 0 spiro atoms. The predicted octanol–water partition coefficient (Wildman–Crippen LogP) is 36.0. The zero-order chi connectivity index (χ0) is 99.7. The summed E-state index contributed by atoms with van der Waals surface area (Å²) < 4.78 is 13.6. The molecule has 27 rings (SSSR count). The summed E-state index contributed by atoms with van der Waals surface area (Å²) in [5, 5.41) is 43.9. The van der Waals surface area contributed by atoms with E-state index in [0.29, 0.717) is 45.1 Å². The van der Waals surface area contributed by atoms with Crippen molar-refractivity contribution in [1.82, 2.24) is 27.4 Å². The summed E-state index contributed by atoms with van der Waals surface area (Å²) in [5.74, 6) is 0. The molecular weight excluding hydrogens is 1810 g/mol. The van der Waals surface area contributed by atoms with E-state index in [9.17, 15) is 15.8 Å². The molecule has 682 valence electrons. The van der Waals surface area contributed by atoms with E-state index in [0.717, 1.165) is 210 Å². The lowest BCUT2D eigenvalue weighted by atomic mass is 9.94. The molecule has 21 aromatic carbocycles. The van der Waals surface area contributed by atoms with Gasteiger partial charge in [-0.15, -0.1) is 0 Å². The number of nitriles is 3. The molecule has 0 unspecified atom stereocenters. The average molecular weight is 1880 g/mol. The monoisotopic (exact) mass is 1880 g/mol. The standard InChI is InChI=1S/2C45H25N5.C44H26N4/c1-46-32-12-10-11-29(24-32)30-23-31(36-13-4-7-16-41(36)50-42-17-8-5-14-37(42)38-15-6-9-18-43(38)50)26-35(25-30)49-44-21-19-33(47-2)27-39(44)40-28-34(48-3)20-22-45(40)49;1-48-34-19-21-43-40(26-34)38-14-5-7-16-41(38)49(43)35-24-32(30-10-3-2-4-11-30)23-33(25-35)36-15-9-12-31(28-47)45(36)50-42-17-8-6-13-37(42)39-22-29(27-46)18-20-44(39)50;1-46-39-20-7-2-14-33(39)30-25-31(27-32(26-30)47-40-21-8-3-15-35(40)36-16-4-9-22-41(36)47)34-19-12-13-29(28-45)44(34)48-42-23-10-5-17-37(42)38-18-6-11-24-43(38)48/h4-28H;2-26H;2-27H. The van der Waals surface area contributed by atoms with E-state index in [2.05, 4.69) is 343 Å². The second-order valence-electron chi connectivity index (χ2n) is 36.5. The number of hydrogen-bond donors (Lipinski definition) is 0. The maximum atomic E-state index is 10.6. The molecule has 0 amide bonds. The summed E-state index contributed by atoms with van der Waals surface area (Å²) in [6.07, 6.45) is 0. The number of fused-ring (bicyclic) bond motifs is 18. The number of aromatic nitrogens is 6. The highest BCUT2D eigenvalue weighted by atomic mass is 15.0. The van der Waals surface area contributed by atoms with Gasteiger partial charge in [0.1, 0.15) is 12.1 Å². The second kappa shape index (κ2) is 36.5. The second-order valence-corrected chi connectivity index (χ2v) is 36.5. The summed E-state index contributed by atoms with van der Waals surface area (Å²) in [4.78, 5) is 18.7. The van der Waals surface area contributed by atoms with Crippen molar-refractivity contribution < 1.29 is 0 Å². The van der Waals surface area contributed by atoms with Crippen LogP contribution in [0.3, 0.4) is 0 Å². The molecule has 0 radical (unpaired) electrons. The van der Waals surface area contributed by atoms with Crippen LogP contribution in [0.15, 0.2) is 461 Å². The summed E-state index contributed by atoms with van der Waals surface area (Å²) in [7, 11) is 0. The highest BCUT2D eigenvalue weighted by Gasteiger charge is 2.28. The number of benzene rings is 21. The van der Waals surface area contributed by atoms with Gasteiger partial charge in [-0.25, -0.2) is 24.2 Å². The van der Waals surface area contributed by atoms with Gasteiger partial charge in [0.25, 0.3) is 0 Å². The molecular formula is C134H76N14. The van der Waals surface area contributed by atoms with Crippen LogP contribution in [0.5, 0.6) is 0 Å². The first-order chi connectivity index (χ1) is 73.1. The zero-order valence-electron chi connectivity index (χ0n) is 79.1. The van der Waals surface area contributed by atoms with Gasteiger partial charge in [-0.3, -0.25) is 0 Å². The van der Waals surface area contributed by atoms with Crippen LogP contribution in [0.25, 0.3) is 256 Å². The van der Waals surface area contributed by atoms with E-state index in [-0.39, 0.29) is 0 Å². The Kier molecular flexibility index (Phi) is 21.7. The Balaban J connectivity index is 0.000000115. The van der Waals surface area contributed by atoms with Gasteiger partial charge in [0, 0.05) is 82.2 Å². The van der Waals surface area contributed by atoms with Gasteiger partial charge in [-0.2, -0.15) is 15.8 Å². The Hall–Kier alpha value is -21.7. The molecule has 0 aliphatic heterocycles. The number of para-hydroxylation sites is 12. The first kappa shape index (κ1) is 87.8. The van der Waals surface area contributed by atoms with Gasteiger partial charge >= 0.3 is 0 Å². The minimum absolute atomic E-state index is 0.546. The molecule has 0 aliphatic rings. The van der Waals surface area contributed by atoms with E-state index in [1.807, 2.05) is 188 Å². The van der Waals surface area contributed by atoms with Crippen molar-refractivity contribution in [2.75, 3.05) is 0 Å². The third-order valence-corrected chi connectivity index (χ3v) is 28.4. The Morgan fingerprint density at radius 1 is 0.176 bits per heavy atom. The molecule has 0 saturated carbocycles. The Labute approximate surface area is 850 Å². The van der Waals surface area contributed by atoms with Crippen molar-refractivity contribution >= 4 is 159 Å². The van der Waals surface area contributed by atoms with Gasteiger partial charge in [0.2, 0.25) is 0 Å². The van der Waals surface area contributed by atoms with Crippen LogP contribution in [0.4, 0.5) is 28.4 Å². The molecule has 0 fully saturated rings. The van der Waals surface area contributed by atoms with Crippen molar-refractivity contribution in [2.45, 2.75) is 0 Å². The van der Waals surface area contributed by atoms with Crippen molar-refractivity contribution in [1.29, 1.82) is 15.8 Å². The first-order valence-corrected chi connectivity index (χ1v) is 48.3. The third kappa shape index (κ3) is 14.7. The smallest absolute Gasteiger partial charge is 0.194 e. The van der Waals surface area contributed by atoms with E-state index in [4.69, 9.17) is 32.9 Å². The van der Waals surface area contributed by atoms with E-state index in [1.54, 1.807) is 0 Å². The lowest BCUT2D eigenvalue weighted by molar-refractivity contribution is 1.16. The van der Waals surface area contributed by atoms with Crippen LogP contribution in [0, 0.1) is 66.9 Å². The Morgan fingerprint density at radius 3 is 0.885 bits per heavy atom. The van der Waals surface area contributed by atoms with E-state index < -0.39 is 0 Å². The average Bonchev–Trinajstić information content (AvgIpc) is 1.55. The van der Waals surface area contributed by atoms with Gasteiger partial charge in [-0.05, 0) is 248 Å². The predicted molar refractivity (Wildman–Crippen MR) is 603 cm³/mol. The Morgan fingerprint density at radius 2 is 0.466 bits per heavy atom. The molecule has 0 saturated heterocycles. The number of rotatable bonds is 12. The SMILES string of the molecule is [C-]#[N+]c1ccc2c(c1)c1ccccc1n2-c1cc(-c2ccccc2)cc(-c2cccc(C#N)c2-n2c3ccccc3c3cc(C#N)ccc32)c1.[C-]#[N+]c1cccc(-c2cc(-c3ccccc3-n3c4ccccc4c4ccccc43)cc(-n3c4ccc([N+]#[C-])cc4c4cc([N+]#[C-])ccc43)c2)c1.[C-]#[N+]c1ccccc1-c1cc(-c2cccc(C#N)c2-n2c3ccccc3c3ccccc32)cc(-n2c3ccccc3c3ccccc32)c1. The number of hydrogen-bond acceptors (Lipinski definition) is 3.